The molecular weight excluding hydrogens is 264 g/mol. The van der Waals surface area contributed by atoms with Crippen LogP contribution in [0.4, 0.5) is 5.69 Å². The molecule has 0 aliphatic rings. The summed E-state index contributed by atoms with van der Waals surface area (Å²) in [6, 6.07) is 9.23. The zero-order chi connectivity index (χ0) is 14.4. The number of hydrogen-bond acceptors (Lipinski definition) is 3. The van der Waals surface area contributed by atoms with E-state index in [0.717, 1.165) is 10.7 Å². The summed E-state index contributed by atoms with van der Waals surface area (Å²) < 4.78 is 0. The molecular formula is C17H24N2S. The van der Waals surface area contributed by atoms with Gasteiger partial charge in [0, 0.05) is 22.7 Å². The van der Waals surface area contributed by atoms with Crippen molar-refractivity contribution in [3.05, 3.63) is 34.7 Å². The molecule has 2 nitrogen and oxygen atoms in total. The van der Waals surface area contributed by atoms with Crippen molar-refractivity contribution in [3.8, 4) is 11.3 Å². The molecule has 108 valence electrons. The Morgan fingerprint density at radius 2 is 1.95 bits per heavy atom. The lowest BCUT2D eigenvalue weighted by Gasteiger charge is -2.18. The number of aryl methyl sites for hydroxylation is 1. The van der Waals surface area contributed by atoms with Gasteiger partial charge in [0.1, 0.15) is 0 Å². The summed E-state index contributed by atoms with van der Waals surface area (Å²) in [6.45, 7) is 6.54. The van der Waals surface area contributed by atoms with Crippen molar-refractivity contribution in [2.75, 3.05) is 5.32 Å². The van der Waals surface area contributed by atoms with Crippen LogP contribution in [0.25, 0.3) is 11.3 Å². The fourth-order valence-corrected chi connectivity index (χ4v) is 2.92. The van der Waals surface area contributed by atoms with Gasteiger partial charge in [0.25, 0.3) is 0 Å². The molecule has 0 saturated carbocycles. The van der Waals surface area contributed by atoms with Gasteiger partial charge in [0.05, 0.1) is 10.7 Å². The predicted molar refractivity (Wildman–Crippen MR) is 89.5 cm³/mol. The highest BCUT2D eigenvalue weighted by Crippen LogP contribution is 2.23. The van der Waals surface area contributed by atoms with Crippen molar-refractivity contribution in [1.29, 1.82) is 0 Å². The molecule has 0 fully saturated rings. The number of unbranched alkanes of at least 4 members (excludes halogenated alkanes) is 1. The topological polar surface area (TPSA) is 24.9 Å². The SMILES string of the molecule is CCCCC(CC)Nc1ccc(-c2csc(C)n2)cc1. The van der Waals surface area contributed by atoms with E-state index in [9.17, 15) is 0 Å². The molecule has 20 heavy (non-hydrogen) atoms. The summed E-state index contributed by atoms with van der Waals surface area (Å²) in [6.07, 6.45) is 4.98. The van der Waals surface area contributed by atoms with Crippen LogP contribution < -0.4 is 5.32 Å². The van der Waals surface area contributed by atoms with Gasteiger partial charge < -0.3 is 5.32 Å². The van der Waals surface area contributed by atoms with Gasteiger partial charge in [-0.1, -0.05) is 38.8 Å². The molecule has 0 amide bonds. The van der Waals surface area contributed by atoms with Crippen LogP contribution in [-0.2, 0) is 0 Å². The van der Waals surface area contributed by atoms with Crippen molar-refractivity contribution in [2.24, 2.45) is 0 Å². The Hall–Kier alpha value is -1.35. The Morgan fingerprint density at radius 3 is 2.50 bits per heavy atom. The maximum Gasteiger partial charge on any atom is 0.0901 e. The molecule has 1 heterocycles. The third-order valence-corrected chi connectivity index (χ3v) is 4.34. The van der Waals surface area contributed by atoms with Crippen LogP contribution in [-0.4, -0.2) is 11.0 Å². The van der Waals surface area contributed by atoms with E-state index < -0.39 is 0 Å². The van der Waals surface area contributed by atoms with Gasteiger partial charge in [-0.05, 0) is 31.9 Å². The van der Waals surface area contributed by atoms with Gasteiger partial charge in [0.15, 0.2) is 0 Å². The molecule has 2 rings (SSSR count). The monoisotopic (exact) mass is 288 g/mol. The maximum absolute atomic E-state index is 4.53. The van der Waals surface area contributed by atoms with Crippen LogP contribution in [0, 0.1) is 6.92 Å². The predicted octanol–water partition coefficient (Wildman–Crippen LogP) is 5.50. The number of aromatic nitrogens is 1. The van der Waals surface area contributed by atoms with Crippen LogP contribution in [0.3, 0.4) is 0 Å². The van der Waals surface area contributed by atoms with Crippen LogP contribution >= 0.6 is 11.3 Å². The lowest BCUT2D eigenvalue weighted by molar-refractivity contribution is 0.593. The Balaban J connectivity index is 2.00. The number of anilines is 1. The van der Waals surface area contributed by atoms with Crippen molar-refractivity contribution < 1.29 is 0 Å². The summed E-state index contributed by atoms with van der Waals surface area (Å²) in [7, 11) is 0. The Kier molecular flexibility index (Phi) is 5.60. The molecule has 1 atom stereocenters. The highest BCUT2D eigenvalue weighted by Gasteiger charge is 2.06. The van der Waals surface area contributed by atoms with Crippen molar-refractivity contribution in [1.82, 2.24) is 4.98 Å². The van der Waals surface area contributed by atoms with Crippen LogP contribution in [0.15, 0.2) is 29.6 Å². The number of rotatable bonds is 7. The second-order valence-corrected chi connectivity index (χ2v) is 6.28. The fourth-order valence-electron chi connectivity index (χ4n) is 2.30. The molecule has 0 bridgehead atoms. The average molecular weight is 288 g/mol. The number of nitrogens with one attached hydrogen (secondary N) is 1. The highest BCUT2D eigenvalue weighted by atomic mass is 32.1. The van der Waals surface area contributed by atoms with E-state index in [0.29, 0.717) is 6.04 Å². The van der Waals surface area contributed by atoms with Gasteiger partial charge >= 0.3 is 0 Å². The first-order valence-electron chi connectivity index (χ1n) is 7.52. The van der Waals surface area contributed by atoms with Crippen molar-refractivity contribution in [2.45, 2.75) is 52.5 Å². The zero-order valence-corrected chi connectivity index (χ0v) is 13.5. The molecule has 3 heteroatoms. The molecule has 0 aliphatic carbocycles. The number of thiazole rings is 1. The third kappa shape index (κ3) is 4.07. The summed E-state index contributed by atoms with van der Waals surface area (Å²) in [5, 5.41) is 6.87. The third-order valence-electron chi connectivity index (χ3n) is 3.57. The van der Waals surface area contributed by atoms with Gasteiger partial charge in [0.2, 0.25) is 0 Å². The van der Waals surface area contributed by atoms with Crippen molar-refractivity contribution in [3.63, 3.8) is 0 Å². The first-order chi connectivity index (χ1) is 9.72. The van der Waals surface area contributed by atoms with Crippen molar-refractivity contribution >= 4 is 17.0 Å². The van der Waals surface area contributed by atoms with E-state index in [4.69, 9.17) is 0 Å². The zero-order valence-electron chi connectivity index (χ0n) is 12.6. The minimum Gasteiger partial charge on any atom is -0.382 e. The first kappa shape index (κ1) is 15.0. The van der Waals surface area contributed by atoms with E-state index in [2.05, 4.69) is 53.8 Å². The normalized spacial score (nSPS) is 12.3. The molecule has 0 saturated heterocycles. The van der Waals surface area contributed by atoms with E-state index in [1.165, 1.54) is 36.9 Å². The summed E-state index contributed by atoms with van der Waals surface area (Å²) in [4.78, 5) is 4.53. The summed E-state index contributed by atoms with van der Waals surface area (Å²) >= 11 is 1.70. The minimum absolute atomic E-state index is 0.585. The van der Waals surface area contributed by atoms with Gasteiger partial charge in [-0.2, -0.15) is 0 Å². The van der Waals surface area contributed by atoms with Gasteiger partial charge in [-0.3, -0.25) is 0 Å². The molecule has 0 aliphatic heterocycles. The molecule has 1 unspecified atom stereocenters. The van der Waals surface area contributed by atoms with E-state index in [1.54, 1.807) is 11.3 Å². The quantitative estimate of drug-likeness (QED) is 0.727. The maximum atomic E-state index is 4.53. The van der Waals surface area contributed by atoms with Crippen LogP contribution in [0.2, 0.25) is 0 Å². The fraction of sp³-hybridized carbons (Fsp3) is 0.471. The molecule has 0 spiro atoms. The number of benzene rings is 1. The lowest BCUT2D eigenvalue weighted by atomic mass is 10.1. The van der Waals surface area contributed by atoms with E-state index in [1.807, 2.05) is 6.92 Å². The second-order valence-electron chi connectivity index (χ2n) is 5.22. The first-order valence-corrected chi connectivity index (χ1v) is 8.40. The van der Waals surface area contributed by atoms with Crippen LogP contribution in [0.5, 0.6) is 0 Å². The van der Waals surface area contributed by atoms with Gasteiger partial charge in [-0.25, -0.2) is 4.98 Å². The molecule has 1 N–H and O–H groups in total. The Bertz CT molecular complexity index is 516. The van der Waals surface area contributed by atoms with E-state index >= 15 is 0 Å². The Labute approximate surface area is 126 Å². The average Bonchev–Trinajstić information content (AvgIpc) is 2.90. The van der Waals surface area contributed by atoms with Gasteiger partial charge in [-0.15, -0.1) is 11.3 Å². The molecule has 1 aromatic carbocycles. The lowest BCUT2D eigenvalue weighted by Crippen LogP contribution is -2.18. The summed E-state index contributed by atoms with van der Waals surface area (Å²) in [5.41, 5.74) is 3.49. The molecule has 1 aromatic heterocycles. The van der Waals surface area contributed by atoms with E-state index in [-0.39, 0.29) is 0 Å². The smallest absolute Gasteiger partial charge is 0.0901 e. The minimum atomic E-state index is 0.585. The summed E-state index contributed by atoms with van der Waals surface area (Å²) in [5.74, 6) is 0. The standard InChI is InChI=1S/C17H24N2S/c1-4-6-7-15(5-2)19-16-10-8-14(9-11-16)17-12-20-13(3)18-17/h8-12,15,19H,4-7H2,1-3H3. The van der Waals surface area contributed by atoms with Crippen LogP contribution in [0.1, 0.15) is 44.5 Å². The number of hydrogen-bond donors (Lipinski definition) is 1. The second kappa shape index (κ2) is 7.44. The molecule has 2 aromatic rings. The highest BCUT2D eigenvalue weighted by molar-refractivity contribution is 7.09. The number of nitrogens with zero attached hydrogens (tertiary/aromatic N) is 1. The largest absolute Gasteiger partial charge is 0.382 e. The molecule has 0 radical (unpaired) electrons. The Morgan fingerprint density at radius 1 is 1.20 bits per heavy atom.